The third-order valence-corrected chi connectivity index (χ3v) is 5.19. The zero-order valence-electron chi connectivity index (χ0n) is 18.8. The molecule has 0 saturated heterocycles. The largest absolute Gasteiger partial charge is 0.462 e. The molecule has 0 radical (unpaired) electrons. The summed E-state index contributed by atoms with van der Waals surface area (Å²) in [6.45, 7) is 6.57. The van der Waals surface area contributed by atoms with Gasteiger partial charge in [-0.3, -0.25) is 4.79 Å². The zero-order valence-corrected chi connectivity index (χ0v) is 18.8. The summed E-state index contributed by atoms with van der Waals surface area (Å²) in [6, 6.07) is 0. The van der Waals surface area contributed by atoms with Gasteiger partial charge in [-0.05, 0) is 25.7 Å². The molecule has 2 heteroatoms. The SMILES string of the molecule is CCCCCCCCCCCCCC/C=C\CC(=O)OC(CCC)CCC. The second-order valence-corrected chi connectivity index (χ2v) is 8.04. The molecular formula is C25H48O2. The van der Waals surface area contributed by atoms with E-state index in [2.05, 4.69) is 26.8 Å². The molecular weight excluding hydrogens is 332 g/mol. The molecule has 0 rings (SSSR count). The van der Waals surface area contributed by atoms with Gasteiger partial charge in [0, 0.05) is 0 Å². The Morgan fingerprint density at radius 1 is 0.667 bits per heavy atom. The number of unbranched alkanes of at least 4 members (excludes halogenated alkanes) is 12. The molecule has 0 aromatic heterocycles. The van der Waals surface area contributed by atoms with Gasteiger partial charge in [-0.1, -0.05) is 116 Å². The molecule has 0 aromatic rings. The summed E-state index contributed by atoms with van der Waals surface area (Å²) in [4.78, 5) is 11.9. The molecule has 0 fully saturated rings. The molecule has 0 N–H and O–H groups in total. The van der Waals surface area contributed by atoms with Crippen LogP contribution in [-0.4, -0.2) is 12.1 Å². The molecule has 0 unspecified atom stereocenters. The van der Waals surface area contributed by atoms with E-state index in [1.54, 1.807) is 0 Å². The van der Waals surface area contributed by atoms with Gasteiger partial charge in [-0.15, -0.1) is 0 Å². The number of ether oxygens (including phenoxy) is 1. The minimum Gasteiger partial charge on any atom is -0.462 e. The van der Waals surface area contributed by atoms with Gasteiger partial charge in [0.1, 0.15) is 6.10 Å². The summed E-state index contributed by atoms with van der Waals surface area (Å²) < 4.78 is 5.56. The van der Waals surface area contributed by atoms with Crippen LogP contribution in [0.1, 0.15) is 136 Å². The molecule has 0 aliphatic carbocycles. The Bertz CT molecular complexity index is 329. The van der Waals surface area contributed by atoms with E-state index in [9.17, 15) is 4.79 Å². The van der Waals surface area contributed by atoms with E-state index in [0.29, 0.717) is 6.42 Å². The highest BCUT2D eigenvalue weighted by Crippen LogP contribution is 2.13. The van der Waals surface area contributed by atoms with Crippen LogP contribution in [0, 0.1) is 0 Å². The maximum absolute atomic E-state index is 11.9. The molecule has 0 bridgehead atoms. The molecule has 0 aromatic carbocycles. The van der Waals surface area contributed by atoms with Crippen molar-refractivity contribution in [3.63, 3.8) is 0 Å². The van der Waals surface area contributed by atoms with Gasteiger partial charge in [-0.2, -0.15) is 0 Å². The fraction of sp³-hybridized carbons (Fsp3) is 0.880. The van der Waals surface area contributed by atoms with Crippen LogP contribution < -0.4 is 0 Å². The quantitative estimate of drug-likeness (QED) is 0.120. The molecule has 0 aliphatic heterocycles. The molecule has 0 aliphatic rings. The van der Waals surface area contributed by atoms with Gasteiger partial charge < -0.3 is 4.74 Å². The van der Waals surface area contributed by atoms with Gasteiger partial charge in [0.2, 0.25) is 0 Å². The van der Waals surface area contributed by atoms with Crippen molar-refractivity contribution in [2.75, 3.05) is 0 Å². The highest BCUT2D eigenvalue weighted by Gasteiger charge is 2.11. The van der Waals surface area contributed by atoms with E-state index in [1.165, 1.54) is 77.0 Å². The Morgan fingerprint density at radius 2 is 1.15 bits per heavy atom. The van der Waals surface area contributed by atoms with Crippen molar-refractivity contribution < 1.29 is 9.53 Å². The number of esters is 1. The van der Waals surface area contributed by atoms with Crippen LogP contribution >= 0.6 is 0 Å². The first kappa shape index (κ1) is 26.2. The molecule has 27 heavy (non-hydrogen) atoms. The van der Waals surface area contributed by atoms with Crippen LogP contribution in [0.15, 0.2) is 12.2 Å². The highest BCUT2D eigenvalue weighted by molar-refractivity contribution is 5.71. The molecule has 0 heterocycles. The maximum Gasteiger partial charge on any atom is 0.309 e. The predicted octanol–water partition coefficient (Wildman–Crippen LogP) is 8.54. The third-order valence-electron chi connectivity index (χ3n) is 5.19. The van der Waals surface area contributed by atoms with E-state index in [-0.39, 0.29) is 12.1 Å². The molecule has 0 spiro atoms. The minimum absolute atomic E-state index is 0.0622. The van der Waals surface area contributed by atoms with Crippen molar-refractivity contribution in [1.82, 2.24) is 0 Å². The van der Waals surface area contributed by atoms with Gasteiger partial charge in [-0.25, -0.2) is 0 Å². The smallest absolute Gasteiger partial charge is 0.309 e. The molecule has 160 valence electrons. The van der Waals surface area contributed by atoms with Gasteiger partial charge in [0.15, 0.2) is 0 Å². The number of carbonyl (C=O) groups excluding carboxylic acids is 1. The first-order chi connectivity index (χ1) is 13.2. The Balaban J connectivity index is 3.40. The Hall–Kier alpha value is -0.790. The van der Waals surface area contributed by atoms with Crippen molar-refractivity contribution in [3.05, 3.63) is 12.2 Å². The third kappa shape index (κ3) is 19.8. The van der Waals surface area contributed by atoms with E-state index in [1.807, 2.05) is 6.08 Å². The van der Waals surface area contributed by atoms with Crippen molar-refractivity contribution in [2.24, 2.45) is 0 Å². The molecule has 2 nitrogen and oxygen atoms in total. The zero-order chi connectivity index (χ0) is 20.0. The lowest BCUT2D eigenvalue weighted by Gasteiger charge is -2.15. The summed E-state index contributed by atoms with van der Waals surface area (Å²) in [5.74, 6) is -0.0622. The van der Waals surface area contributed by atoms with Gasteiger partial charge in [0.25, 0.3) is 0 Å². The van der Waals surface area contributed by atoms with E-state index in [4.69, 9.17) is 4.74 Å². The Kier molecular flexibility index (Phi) is 20.9. The van der Waals surface area contributed by atoms with Crippen molar-refractivity contribution in [3.8, 4) is 0 Å². The summed E-state index contributed by atoms with van der Waals surface area (Å²) in [6.07, 6.45) is 26.6. The van der Waals surface area contributed by atoms with Crippen molar-refractivity contribution >= 4 is 5.97 Å². The normalized spacial score (nSPS) is 11.6. The van der Waals surface area contributed by atoms with Crippen LogP contribution in [0.4, 0.5) is 0 Å². The summed E-state index contributed by atoms with van der Waals surface area (Å²) >= 11 is 0. The lowest BCUT2D eigenvalue weighted by molar-refractivity contribution is -0.148. The fourth-order valence-electron chi connectivity index (χ4n) is 3.54. The van der Waals surface area contributed by atoms with Crippen molar-refractivity contribution in [1.29, 1.82) is 0 Å². The van der Waals surface area contributed by atoms with Crippen molar-refractivity contribution in [2.45, 2.75) is 142 Å². The van der Waals surface area contributed by atoms with Crippen LogP contribution in [-0.2, 0) is 9.53 Å². The fourth-order valence-corrected chi connectivity index (χ4v) is 3.54. The van der Waals surface area contributed by atoms with Crippen LogP contribution in [0.2, 0.25) is 0 Å². The van der Waals surface area contributed by atoms with E-state index in [0.717, 1.165) is 32.1 Å². The number of carbonyl (C=O) groups is 1. The number of hydrogen-bond acceptors (Lipinski definition) is 2. The highest BCUT2D eigenvalue weighted by atomic mass is 16.5. The Morgan fingerprint density at radius 3 is 1.63 bits per heavy atom. The Labute approximate surface area is 170 Å². The van der Waals surface area contributed by atoms with Gasteiger partial charge in [0.05, 0.1) is 6.42 Å². The van der Waals surface area contributed by atoms with Crippen LogP contribution in [0.25, 0.3) is 0 Å². The lowest BCUT2D eigenvalue weighted by Crippen LogP contribution is -2.17. The summed E-state index contributed by atoms with van der Waals surface area (Å²) in [7, 11) is 0. The molecule has 0 saturated carbocycles. The summed E-state index contributed by atoms with van der Waals surface area (Å²) in [5, 5.41) is 0. The predicted molar refractivity (Wildman–Crippen MR) is 119 cm³/mol. The monoisotopic (exact) mass is 380 g/mol. The number of allylic oxidation sites excluding steroid dienone is 1. The lowest BCUT2D eigenvalue weighted by atomic mass is 10.0. The second-order valence-electron chi connectivity index (χ2n) is 8.04. The number of rotatable bonds is 20. The average molecular weight is 381 g/mol. The van der Waals surface area contributed by atoms with E-state index < -0.39 is 0 Å². The standard InChI is InChI=1S/C25H48O2/c1-4-7-8-9-10-11-12-13-14-15-16-17-18-19-20-23-25(26)27-24(21-5-2)22-6-3/h19-20,24H,4-18,21-23H2,1-3H3/b20-19-. The first-order valence-corrected chi connectivity index (χ1v) is 12.1. The molecule has 0 amide bonds. The number of hydrogen-bond donors (Lipinski definition) is 0. The first-order valence-electron chi connectivity index (χ1n) is 12.1. The topological polar surface area (TPSA) is 26.3 Å². The molecule has 0 atom stereocenters. The van der Waals surface area contributed by atoms with Crippen LogP contribution in [0.3, 0.4) is 0 Å². The van der Waals surface area contributed by atoms with E-state index >= 15 is 0 Å². The van der Waals surface area contributed by atoms with Crippen LogP contribution in [0.5, 0.6) is 0 Å². The second kappa shape index (κ2) is 21.5. The average Bonchev–Trinajstić information content (AvgIpc) is 2.65. The van der Waals surface area contributed by atoms with Gasteiger partial charge >= 0.3 is 5.97 Å². The minimum atomic E-state index is -0.0622. The maximum atomic E-state index is 11.9. The summed E-state index contributed by atoms with van der Waals surface area (Å²) in [5.41, 5.74) is 0.